The van der Waals surface area contributed by atoms with Gasteiger partial charge >= 0.3 is 0 Å². The molecular formula is C14H16BrN5O2. The van der Waals surface area contributed by atoms with Crippen molar-refractivity contribution in [1.82, 2.24) is 25.5 Å². The fourth-order valence-corrected chi connectivity index (χ4v) is 2.51. The molecule has 0 bridgehead atoms. The minimum absolute atomic E-state index is 0.0518. The predicted octanol–water partition coefficient (Wildman–Crippen LogP) is 1.40. The van der Waals surface area contributed by atoms with Crippen LogP contribution in [0.2, 0.25) is 0 Å². The van der Waals surface area contributed by atoms with Crippen molar-refractivity contribution in [3.8, 4) is 11.4 Å². The van der Waals surface area contributed by atoms with Gasteiger partial charge in [-0.2, -0.15) is 4.80 Å². The van der Waals surface area contributed by atoms with Crippen molar-refractivity contribution in [1.29, 1.82) is 0 Å². The van der Waals surface area contributed by atoms with E-state index in [2.05, 4.69) is 36.7 Å². The van der Waals surface area contributed by atoms with Crippen LogP contribution in [0.3, 0.4) is 0 Å². The first-order valence-electron chi connectivity index (χ1n) is 7.13. The smallest absolute Gasteiger partial charge is 0.243 e. The average Bonchev–Trinajstić information content (AvgIpc) is 3.17. The minimum atomic E-state index is -0.143. The lowest BCUT2D eigenvalue weighted by molar-refractivity contribution is -0.122. The van der Waals surface area contributed by atoms with Gasteiger partial charge in [0, 0.05) is 23.2 Å². The van der Waals surface area contributed by atoms with Gasteiger partial charge in [-0.25, -0.2) is 0 Å². The van der Waals surface area contributed by atoms with E-state index < -0.39 is 0 Å². The Morgan fingerprint density at radius 1 is 1.41 bits per heavy atom. The lowest BCUT2D eigenvalue weighted by Crippen LogP contribution is -2.34. The van der Waals surface area contributed by atoms with E-state index in [1.165, 1.54) is 4.80 Å². The van der Waals surface area contributed by atoms with Crippen LogP contribution in [-0.2, 0) is 16.1 Å². The summed E-state index contributed by atoms with van der Waals surface area (Å²) in [5.41, 5.74) is 0.856. The number of ether oxygens (including phenoxy) is 1. The van der Waals surface area contributed by atoms with Gasteiger partial charge in [-0.15, -0.1) is 10.2 Å². The Balaban J connectivity index is 1.54. The number of hydrogen-bond acceptors (Lipinski definition) is 5. The maximum atomic E-state index is 11.9. The highest BCUT2D eigenvalue weighted by atomic mass is 79.9. The molecule has 0 saturated carbocycles. The van der Waals surface area contributed by atoms with Crippen molar-refractivity contribution >= 4 is 21.8 Å². The lowest BCUT2D eigenvalue weighted by atomic mass is 10.2. The molecule has 0 spiro atoms. The van der Waals surface area contributed by atoms with Gasteiger partial charge in [-0.1, -0.05) is 15.9 Å². The zero-order valence-corrected chi connectivity index (χ0v) is 13.5. The summed E-state index contributed by atoms with van der Waals surface area (Å²) >= 11 is 3.38. The maximum absolute atomic E-state index is 11.9. The van der Waals surface area contributed by atoms with Crippen LogP contribution >= 0.6 is 15.9 Å². The highest BCUT2D eigenvalue weighted by Crippen LogP contribution is 2.17. The van der Waals surface area contributed by atoms with Gasteiger partial charge in [0.15, 0.2) is 0 Å². The first-order chi connectivity index (χ1) is 10.7. The molecule has 0 radical (unpaired) electrons. The predicted molar refractivity (Wildman–Crippen MR) is 82.9 cm³/mol. The van der Waals surface area contributed by atoms with Crippen molar-refractivity contribution in [2.24, 2.45) is 0 Å². The third-order valence-electron chi connectivity index (χ3n) is 3.39. The molecule has 0 aliphatic carbocycles. The Kier molecular flexibility index (Phi) is 4.79. The summed E-state index contributed by atoms with van der Waals surface area (Å²) in [5.74, 6) is 0.356. The van der Waals surface area contributed by atoms with Crippen LogP contribution in [0, 0.1) is 0 Å². The van der Waals surface area contributed by atoms with Crippen LogP contribution < -0.4 is 5.32 Å². The normalized spacial score (nSPS) is 17.6. The number of carbonyl (C=O) groups excluding carboxylic acids is 1. The second-order valence-electron chi connectivity index (χ2n) is 5.09. The van der Waals surface area contributed by atoms with Gasteiger partial charge in [0.05, 0.1) is 6.10 Å². The topological polar surface area (TPSA) is 81.9 Å². The van der Waals surface area contributed by atoms with Crippen LogP contribution in [0.25, 0.3) is 11.4 Å². The van der Waals surface area contributed by atoms with Gasteiger partial charge in [0.2, 0.25) is 11.7 Å². The molecule has 1 N–H and O–H groups in total. The van der Waals surface area contributed by atoms with E-state index in [4.69, 9.17) is 4.74 Å². The summed E-state index contributed by atoms with van der Waals surface area (Å²) in [7, 11) is 0. The molecule has 1 aliphatic rings. The molecule has 0 unspecified atom stereocenters. The minimum Gasteiger partial charge on any atom is -0.376 e. The summed E-state index contributed by atoms with van der Waals surface area (Å²) in [4.78, 5) is 13.2. The monoisotopic (exact) mass is 365 g/mol. The number of halogens is 1. The number of nitrogens with zero attached hydrogens (tertiary/aromatic N) is 4. The zero-order chi connectivity index (χ0) is 15.4. The van der Waals surface area contributed by atoms with E-state index in [0.29, 0.717) is 12.4 Å². The number of tetrazole rings is 1. The third kappa shape index (κ3) is 3.89. The standard InChI is InChI=1S/C14H16BrN5O2/c15-11-5-3-10(4-6-11)14-17-19-20(18-14)9-13(21)16-8-12-2-1-7-22-12/h3-6,12H,1-2,7-9H2,(H,16,21)/t12-/m1/s1. The number of aromatic nitrogens is 4. The number of amides is 1. The van der Waals surface area contributed by atoms with Crippen LogP contribution in [0.15, 0.2) is 28.7 Å². The second kappa shape index (κ2) is 6.97. The molecule has 2 heterocycles. The quantitative estimate of drug-likeness (QED) is 0.865. The number of benzene rings is 1. The van der Waals surface area contributed by atoms with E-state index in [9.17, 15) is 4.79 Å². The van der Waals surface area contributed by atoms with E-state index in [0.717, 1.165) is 29.5 Å². The Hall–Kier alpha value is -1.80. The molecule has 22 heavy (non-hydrogen) atoms. The highest BCUT2D eigenvalue weighted by molar-refractivity contribution is 9.10. The first kappa shape index (κ1) is 15.1. The molecular weight excluding hydrogens is 350 g/mol. The molecule has 3 rings (SSSR count). The van der Waals surface area contributed by atoms with Crippen molar-refractivity contribution in [3.05, 3.63) is 28.7 Å². The van der Waals surface area contributed by atoms with Gasteiger partial charge in [0.1, 0.15) is 6.54 Å². The molecule has 1 saturated heterocycles. The summed E-state index contributed by atoms with van der Waals surface area (Å²) in [6.07, 6.45) is 2.18. The number of rotatable bonds is 5. The summed E-state index contributed by atoms with van der Waals surface area (Å²) < 4.78 is 6.44. The Labute approximate surface area is 136 Å². The lowest BCUT2D eigenvalue weighted by Gasteiger charge is -2.10. The van der Waals surface area contributed by atoms with Crippen LogP contribution in [0.1, 0.15) is 12.8 Å². The largest absolute Gasteiger partial charge is 0.376 e. The third-order valence-corrected chi connectivity index (χ3v) is 3.92. The van der Waals surface area contributed by atoms with Crippen LogP contribution in [0.5, 0.6) is 0 Å². The van der Waals surface area contributed by atoms with Gasteiger partial charge in [-0.05, 0) is 42.3 Å². The number of hydrogen-bond donors (Lipinski definition) is 1. The van der Waals surface area contributed by atoms with Crippen molar-refractivity contribution in [2.75, 3.05) is 13.2 Å². The van der Waals surface area contributed by atoms with Crippen LogP contribution in [0.4, 0.5) is 0 Å². The number of nitrogens with one attached hydrogen (secondary N) is 1. The van der Waals surface area contributed by atoms with E-state index in [1.54, 1.807) is 0 Å². The van der Waals surface area contributed by atoms with Crippen molar-refractivity contribution in [3.63, 3.8) is 0 Å². The molecule has 1 atom stereocenters. The maximum Gasteiger partial charge on any atom is 0.243 e. The SMILES string of the molecule is O=C(Cn1nnc(-c2ccc(Br)cc2)n1)NC[C@H]1CCCO1. The fraction of sp³-hybridized carbons (Fsp3) is 0.429. The molecule has 116 valence electrons. The summed E-state index contributed by atoms with van der Waals surface area (Å²) in [6, 6.07) is 7.60. The molecule has 2 aromatic rings. The Morgan fingerprint density at radius 3 is 2.95 bits per heavy atom. The van der Waals surface area contributed by atoms with Crippen LogP contribution in [-0.4, -0.2) is 45.4 Å². The summed E-state index contributed by atoms with van der Waals surface area (Å²) in [6.45, 7) is 1.37. The van der Waals surface area contributed by atoms with E-state index in [-0.39, 0.29) is 18.6 Å². The second-order valence-corrected chi connectivity index (χ2v) is 6.01. The molecule has 1 aromatic carbocycles. The number of carbonyl (C=O) groups is 1. The molecule has 1 amide bonds. The zero-order valence-electron chi connectivity index (χ0n) is 11.9. The van der Waals surface area contributed by atoms with Gasteiger partial charge in [-0.3, -0.25) is 4.79 Å². The van der Waals surface area contributed by atoms with Crippen molar-refractivity contribution < 1.29 is 9.53 Å². The summed E-state index contributed by atoms with van der Waals surface area (Å²) in [5, 5.41) is 14.9. The molecule has 1 aliphatic heterocycles. The highest BCUT2D eigenvalue weighted by Gasteiger charge is 2.16. The molecule has 1 fully saturated rings. The Morgan fingerprint density at radius 2 is 2.23 bits per heavy atom. The van der Waals surface area contributed by atoms with Crippen molar-refractivity contribution in [2.45, 2.75) is 25.5 Å². The van der Waals surface area contributed by atoms with Gasteiger partial charge < -0.3 is 10.1 Å². The van der Waals surface area contributed by atoms with E-state index >= 15 is 0 Å². The molecule has 8 heteroatoms. The van der Waals surface area contributed by atoms with Gasteiger partial charge in [0.25, 0.3) is 0 Å². The molecule has 7 nitrogen and oxygen atoms in total. The Bertz CT molecular complexity index is 637. The van der Waals surface area contributed by atoms with E-state index in [1.807, 2.05) is 24.3 Å². The average molecular weight is 366 g/mol. The fourth-order valence-electron chi connectivity index (χ4n) is 2.24. The first-order valence-corrected chi connectivity index (χ1v) is 7.92. The molecule has 1 aromatic heterocycles.